The maximum Gasteiger partial charge on any atom is 0.254 e. The van der Waals surface area contributed by atoms with Crippen LogP contribution in [0.15, 0.2) is 53.4 Å². The highest BCUT2D eigenvalue weighted by Crippen LogP contribution is 2.23. The molecule has 2 N–H and O–H groups in total. The summed E-state index contributed by atoms with van der Waals surface area (Å²) in [4.78, 5) is 14.4. The number of sulfonamides is 1. The van der Waals surface area contributed by atoms with Gasteiger partial charge in [0.2, 0.25) is 10.0 Å². The molecule has 0 aromatic heterocycles. The zero-order valence-corrected chi connectivity index (χ0v) is 16.7. The van der Waals surface area contributed by atoms with Crippen molar-refractivity contribution in [2.75, 3.05) is 13.7 Å². The van der Waals surface area contributed by atoms with E-state index in [0.717, 1.165) is 24.2 Å². The van der Waals surface area contributed by atoms with E-state index in [4.69, 9.17) is 9.88 Å². The molecule has 0 bridgehead atoms. The minimum Gasteiger partial charge on any atom is -0.494 e. The smallest absolute Gasteiger partial charge is 0.254 e. The van der Waals surface area contributed by atoms with E-state index in [-0.39, 0.29) is 16.8 Å². The summed E-state index contributed by atoms with van der Waals surface area (Å²) in [6, 6.07) is 13.1. The molecular formula is C20H26N2O4S. The Hall–Kier alpha value is -2.38. The topological polar surface area (TPSA) is 89.7 Å². The molecule has 6 nitrogen and oxygen atoms in total. The molecule has 7 heteroatoms. The Kier molecular flexibility index (Phi) is 6.98. The Bertz CT molecular complexity index is 862. The standard InChI is InChI=1S/C20H26N2O4S/c1-4-5-14-26-18-10-6-17(7-11-18)20(23)22(3)15(2)16-8-12-19(13-9-16)27(21,24)25/h6-13,15H,4-5,14H2,1-3H3,(H2,21,24,25). The van der Waals surface area contributed by atoms with Gasteiger partial charge in [-0.25, -0.2) is 13.6 Å². The number of nitrogens with two attached hydrogens (primary N) is 1. The van der Waals surface area contributed by atoms with Gasteiger partial charge in [0.15, 0.2) is 0 Å². The number of ether oxygens (including phenoxy) is 1. The molecule has 0 spiro atoms. The molecule has 0 aliphatic rings. The van der Waals surface area contributed by atoms with Gasteiger partial charge in [-0.2, -0.15) is 0 Å². The number of rotatable bonds is 8. The van der Waals surface area contributed by atoms with Gasteiger partial charge in [-0.05, 0) is 55.3 Å². The first-order valence-corrected chi connectivity index (χ1v) is 10.4. The Morgan fingerprint density at radius 2 is 1.70 bits per heavy atom. The first-order valence-electron chi connectivity index (χ1n) is 8.86. The zero-order valence-electron chi connectivity index (χ0n) is 15.9. The highest BCUT2D eigenvalue weighted by atomic mass is 32.2. The normalized spacial score (nSPS) is 12.4. The van der Waals surface area contributed by atoms with E-state index in [0.29, 0.717) is 12.2 Å². The summed E-state index contributed by atoms with van der Waals surface area (Å²) in [5.41, 5.74) is 1.38. The molecule has 1 unspecified atom stereocenters. The van der Waals surface area contributed by atoms with E-state index in [1.807, 2.05) is 6.92 Å². The van der Waals surface area contributed by atoms with E-state index in [1.54, 1.807) is 48.3 Å². The third-order valence-electron chi connectivity index (χ3n) is 4.46. The Balaban J connectivity index is 2.07. The average molecular weight is 391 g/mol. The van der Waals surface area contributed by atoms with Gasteiger partial charge in [0, 0.05) is 12.6 Å². The molecule has 1 atom stereocenters. The second-order valence-corrected chi connectivity index (χ2v) is 7.99. The summed E-state index contributed by atoms with van der Waals surface area (Å²) in [5.74, 6) is 0.618. The van der Waals surface area contributed by atoms with Gasteiger partial charge in [0.05, 0.1) is 17.5 Å². The van der Waals surface area contributed by atoms with Crippen molar-refractivity contribution >= 4 is 15.9 Å². The minimum absolute atomic E-state index is 0.0473. The SMILES string of the molecule is CCCCOc1ccc(C(=O)N(C)C(C)c2ccc(S(N)(=O)=O)cc2)cc1. The van der Waals surface area contributed by atoms with Crippen molar-refractivity contribution < 1.29 is 17.9 Å². The second-order valence-electron chi connectivity index (χ2n) is 6.43. The largest absolute Gasteiger partial charge is 0.494 e. The number of benzene rings is 2. The van der Waals surface area contributed by atoms with Gasteiger partial charge in [0.25, 0.3) is 5.91 Å². The molecule has 0 aliphatic carbocycles. The number of hydrogen-bond donors (Lipinski definition) is 1. The van der Waals surface area contributed by atoms with Crippen LogP contribution in [0.2, 0.25) is 0 Å². The van der Waals surface area contributed by atoms with Crippen LogP contribution in [0.1, 0.15) is 48.7 Å². The predicted octanol–water partition coefficient (Wildman–Crippen LogP) is 3.35. The quantitative estimate of drug-likeness (QED) is 0.700. The summed E-state index contributed by atoms with van der Waals surface area (Å²) >= 11 is 0. The molecule has 0 aliphatic heterocycles. The van der Waals surface area contributed by atoms with Crippen LogP contribution in [0.3, 0.4) is 0 Å². The van der Waals surface area contributed by atoms with Crippen molar-refractivity contribution in [3.8, 4) is 5.75 Å². The van der Waals surface area contributed by atoms with Crippen molar-refractivity contribution in [2.45, 2.75) is 37.6 Å². The number of nitrogens with zero attached hydrogens (tertiary/aromatic N) is 1. The minimum atomic E-state index is -3.73. The van der Waals surface area contributed by atoms with Crippen molar-refractivity contribution in [2.24, 2.45) is 5.14 Å². The van der Waals surface area contributed by atoms with Gasteiger partial charge >= 0.3 is 0 Å². The summed E-state index contributed by atoms with van der Waals surface area (Å²) in [5, 5.41) is 5.11. The maximum absolute atomic E-state index is 12.7. The van der Waals surface area contributed by atoms with Crippen LogP contribution in [-0.2, 0) is 10.0 Å². The average Bonchev–Trinajstić information content (AvgIpc) is 2.66. The van der Waals surface area contributed by atoms with Crippen LogP contribution in [0.25, 0.3) is 0 Å². The van der Waals surface area contributed by atoms with Crippen molar-refractivity contribution in [1.82, 2.24) is 4.90 Å². The zero-order chi connectivity index (χ0) is 20.0. The molecule has 2 aromatic carbocycles. The molecular weight excluding hydrogens is 364 g/mol. The highest BCUT2D eigenvalue weighted by Gasteiger charge is 2.19. The molecule has 0 heterocycles. The first kappa shape index (κ1) is 20.9. The second kappa shape index (κ2) is 9.01. The van der Waals surface area contributed by atoms with Crippen molar-refractivity contribution in [1.29, 1.82) is 0 Å². The summed E-state index contributed by atoms with van der Waals surface area (Å²) < 4.78 is 28.3. The fourth-order valence-corrected chi connectivity index (χ4v) is 3.08. The molecule has 0 saturated heterocycles. The summed E-state index contributed by atoms with van der Waals surface area (Å²) in [6.07, 6.45) is 2.06. The molecule has 0 radical (unpaired) electrons. The van der Waals surface area contributed by atoms with E-state index in [1.165, 1.54) is 12.1 Å². The number of unbranched alkanes of at least 4 members (excludes halogenated alkanes) is 1. The molecule has 146 valence electrons. The van der Waals surface area contributed by atoms with Crippen LogP contribution in [0, 0.1) is 0 Å². The lowest BCUT2D eigenvalue weighted by Crippen LogP contribution is -2.29. The van der Waals surface area contributed by atoms with E-state index in [2.05, 4.69) is 6.92 Å². The van der Waals surface area contributed by atoms with Crippen LogP contribution in [0.4, 0.5) is 0 Å². The predicted molar refractivity (Wildman–Crippen MR) is 105 cm³/mol. The lowest BCUT2D eigenvalue weighted by atomic mass is 10.1. The summed E-state index contributed by atoms with van der Waals surface area (Å²) in [6.45, 7) is 4.64. The molecule has 27 heavy (non-hydrogen) atoms. The molecule has 0 fully saturated rings. The number of primary sulfonamides is 1. The third kappa shape index (κ3) is 5.55. The number of amides is 1. The van der Waals surface area contributed by atoms with Gasteiger partial charge in [0.1, 0.15) is 5.75 Å². The molecule has 2 rings (SSSR count). The lowest BCUT2D eigenvalue weighted by molar-refractivity contribution is 0.0742. The fraction of sp³-hybridized carbons (Fsp3) is 0.350. The lowest BCUT2D eigenvalue weighted by Gasteiger charge is -2.25. The van der Waals surface area contributed by atoms with Gasteiger partial charge in [-0.15, -0.1) is 0 Å². The fourth-order valence-electron chi connectivity index (χ4n) is 2.57. The van der Waals surface area contributed by atoms with Crippen molar-refractivity contribution in [3.63, 3.8) is 0 Å². The number of carbonyl (C=O) groups excluding carboxylic acids is 1. The molecule has 1 amide bonds. The molecule has 2 aromatic rings. The van der Waals surface area contributed by atoms with Gasteiger partial charge in [-0.3, -0.25) is 4.79 Å². The Morgan fingerprint density at radius 1 is 1.11 bits per heavy atom. The highest BCUT2D eigenvalue weighted by molar-refractivity contribution is 7.89. The van der Waals surface area contributed by atoms with E-state index in [9.17, 15) is 13.2 Å². The van der Waals surface area contributed by atoms with E-state index < -0.39 is 10.0 Å². The van der Waals surface area contributed by atoms with Crippen molar-refractivity contribution in [3.05, 3.63) is 59.7 Å². The van der Waals surface area contributed by atoms with Crippen LogP contribution >= 0.6 is 0 Å². The third-order valence-corrected chi connectivity index (χ3v) is 5.39. The number of hydrogen-bond acceptors (Lipinski definition) is 4. The number of carbonyl (C=O) groups is 1. The Morgan fingerprint density at radius 3 is 2.22 bits per heavy atom. The summed E-state index contributed by atoms with van der Waals surface area (Å²) in [7, 11) is -2.02. The Labute approximate surface area is 161 Å². The monoisotopic (exact) mass is 390 g/mol. The van der Waals surface area contributed by atoms with Crippen LogP contribution in [-0.4, -0.2) is 32.9 Å². The van der Waals surface area contributed by atoms with Crippen LogP contribution in [0.5, 0.6) is 5.75 Å². The molecule has 0 saturated carbocycles. The van der Waals surface area contributed by atoms with E-state index >= 15 is 0 Å². The van der Waals surface area contributed by atoms with Gasteiger partial charge < -0.3 is 9.64 Å². The maximum atomic E-state index is 12.7. The first-order chi connectivity index (χ1) is 12.7. The van der Waals surface area contributed by atoms with Crippen LogP contribution < -0.4 is 9.88 Å². The van der Waals surface area contributed by atoms with Gasteiger partial charge in [-0.1, -0.05) is 25.5 Å².